The second kappa shape index (κ2) is 4.43. The molecule has 112 valence electrons. The van der Waals surface area contributed by atoms with E-state index in [0.29, 0.717) is 6.54 Å². The average molecular weight is 286 g/mol. The standard InChI is InChI=1S/C17H22N2O2/c1-16(2)13-6-7-19(15(21)11-4-5-11)10-17(13,3)8-12(9-18)14(16)20/h8,11,13H,4-7,10H2,1-3H3/t13-,17+/m0/s1. The Morgan fingerprint density at radius 1 is 1.33 bits per heavy atom. The zero-order chi connectivity index (χ0) is 15.4. The van der Waals surface area contributed by atoms with Gasteiger partial charge in [-0.1, -0.05) is 26.8 Å². The highest BCUT2D eigenvalue weighted by Crippen LogP contribution is 2.52. The second-order valence-corrected chi connectivity index (χ2v) is 7.60. The summed E-state index contributed by atoms with van der Waals surface area (Å²) in [5, 5.41) is 9.25. The largest absolute Gasteiger partial charge is 0.342 e. The molecule has 2 aliphatic carbocycles. The summed E-state index contributed by atoms with van der Waals surface area (Å²) in [6.07, 6.45) is 4.69. The molecule has 0 spiro atoms. The molecule has 0 bridgehead atoms. The van der Waals surface area contributed by atoms with Gasteiger partial charge in [-0.15, -0.1) is 0 Å². The molecule has 0 unspecified atom stereocenters. The van der Waals surface area contributed by atoms with Crippen molar-refractivity contribution in [1.82, 2.24) is 4.90 Å². The summed E-state index contributed by atoms with van der Waals surface area (Å²) >= 11 is 0. The summed E-state index contributed by atoms with van der Waals surface area (Å²) in [6, 6.07) is 2.05. The van der Waals surface area contributed by atoms with Gasteiger partial charge in [0.2, 0.25) is 5.91 Å². The number of rotatable bonds is 1. The summed E-state index contributed by atoms with van der Waals surface area (Å²) in [7, 11) is 0. The quantitative estimate of drug-likeness (QED) is 0.743. The fourth-order valence-electron chi connectivity index (χ4n) is 4.31. The first-order valence-electron chi connectivity index (χ1n) is 7.76. The highest BCUT2D eigenvalue weighted by Gasteiger charge is 2.54. The Morgan fingerprint density at radius 2 is 2.00 bits per heavy atom. The first-order valence-corrected chi connectivity index (χ1v) is 7.76. The van der Waals surface area contributed by atoms with Crippen LogP contribution in [0.3, 0.4) is 0 Å². The highest BCUT2D eigenvalue weighted by atomic mass is 16.2. The van der Waals surface area contributed by atoms with Gasteiger partial charge < -0.3 is 4.90 Å². The molecule has 2 atom stereocenters. The van der Waals surface area contributed by atoms with Gasteiger partial charge in [-0.2, -0.15) is 5.26 Å². The lowest BCUT2D eigenvalue weighted by atomic mass is 9.55. The number of nitrogens with zero attached hydrogens (tertiary/aromatic N) is 2. The highest BCUT2D eigenvalue weighted by molar-refractivity contribution is 6.04. The number of hydrogen-bond donors (Lipinski definition) is 0. The van der Waals surface area contributed by atoms with Crippen LogP contribution < -0.4 is 0 Å². The summed E-state index contributed by atoms with van der Waals surface area (Å²) in [5.41, 5.74) is -0.534. The average Bonchev–Trinajstić information content (AvgIpc) is 3.26. The molecule has 3 rings (SSSR count). The summed E-state index contributed by atoms with van der Waals surface area (Å²) in [6.45, 7) is 7.36. The van der Waals surface area contributed by atoms with E-state index in [2.05, 4.69) is 13.0 Å². The minimum atomic E-state index is -0.525. The van der Waals surface area contributed by atoms with Gasteiger partial charge in [0, 0.05) is 29.8 Å². The molecule has 1 saturated heterocycles. The Balaban J connectivity index is 1.94. The fourth-order valence-corrected chi connectivity index (χ4v) is 4.31. The molecule has 0 N–H and O–H groups in total. The van der Waals surface area contributed by atoms with Gasteiger partial charge in [0.05, 0.1) is 5.57 Å². The molecule has 1 aliphatic heterocycles. The molecule has 3 aliphatic rings. The van der Waals surface area contributed by atoms with E-state index < -0.39 is 5.41 Å². The zero-order valence-corrected chi connectivity index (χ0v) is 13.0. The number of ketones is 1. The maximum Gasteiger partial charge on any atom is 0.225 e. The van der Waals surface area contributed by atoms with Crippen molar-refractivity contribution in [3.8, 4) is 6.07 Å². The Morgan fingerprint density at radius 3 is 2.57 bits per heavy atom. The Bertz CT molecular complexity index is 580. The van der Waals surface area contributed by atoms with E-state index in [1.807, 2.05) is 24.8 Å². The summed E-state index contributed by atoms with van der Waals surface area (Å²) < 4.78 is 0. The number of piperidine rings is 1. The van der Waals surface area contributed by atoms with Crippen molar-refractivity contribution in [2.75, 3.05) is 13.1 Å². The van der Waals surface area contributed by atoms with Crippen molar-refractivity contribution in [1.29, 1.82) is 5.26 Å². The number of nitriles is 1. The van der Waals surface area contributed by atoms with E-state index in [0.717, 1.165) is 25.8 Å². The van der Waals surface area contributed by atoms with Crippen LogP contribution in [0.4, 0.5) is 0 Å². The van der Waals surface area contributed by atoms with Gasteiger partial charge in [-0.25, -0.2) is 0 Å². The lowest BCUT2D eigenvalue weighted by Crippen LogP contribution is -2.56. The van der Waals surface area contributed by atoms with Crippen LogP contribution >= 0.6 is 0 Å². The van der Waals surface area contributed by atoms with Gasteiger partial charge in [-0.05, 0) is 25.2 Å². The molecule has 2 fully saturated rings. The summed E-state index contributed by atoms with van der Waals surface area (Å²) in [4.78, 5) is 26.7. The first kappa shape index (κ1) is 14.3. The molecular weight excluding hydrogens is 264 g/mol. The van der Waals surface area contributed by atoms with Crippen molar-refractivity contribution in [3.63, 3.8) is 0 Å². The molecule has 21 heavy (non-hydrogen) atoms. The van der Waals surface area contributed by atoms with E-state index in [-0.39, 0.29) is 34.5 Å². The number of allylic oxidation sites excluding steroid dienone is 1. The number of Topliss-reactive ketones (excluding diaryl/α,β-unsaturated/α-hetero) is 1. The third kappa shape index (κ3) is 2.10. The lowest BCUT2D eigenvalue weighted by Gasteiger charge is -2.53. The zero-order valence-electron chi connectivity index (χ0n) is 13.0. The molecule has 4 heteroatoms. The number of fused-ring (bicyclic) bond motifs is 1. The minimum absolute atomic E-state index is 0.0468. The van der Waals surface area contributed by atoms with Gasteiger partial charge in [0.1, 0.15) is 6.07 Å². The van der Waals surface area contributed by atoms with E-state index in [4.69, 9.17) is 0 Å². The van der Waals surface area contributed by atoms with Crippen LogP contribution in [-0.4, -0.2) is 29.7 Å². The molecular formula is C17H22N2O2. The lowest BCUT2D eigenvalue weighted by molar-refractivity contribution is -0.141. The maximum absolute atomic E-state index is 12.4. The van der Waals surface area contributed by atoms with Gasteiger partial charge in [0.25, 0.3) is 0 Å². The van der Waals surface area contributed by atoms with Crippen LogP contribution in [0.15, 0.2) is 11.6 Å². The normalized spacial score (nSPS) is 34.8. The monoisotopic (exact) mass is 286 g/mol. The van der Waals surface area contributed by atoms with E-state index >= 15 is 0 Å². The summed E-state index contributed by atoms with van der Waals surface area (Å²) in [5.74, 6) is 0.631. The number of likely N-dealkylation sites (tertiary alicyclic amines) is 1. The SMILES string of the molecule is CC1(C)C(=O)C(C#N)=C[C@]2(C)CN(C(=O)C3CC3)CC[C@@H]12. The van der Waals surface area contributed by atoms with E-state index in [9.17, 15) is 14.9 Å². The topological polar surface area (TPSA) is 61.2 Å². The van der Waals surface area contributed by atoms with Gasteiger partial charge in [-0.3, -0.25) is 9.59 Å². The molecule has 0 aromatic heterocycles. The Kier molecular flexibility index (Phi) is 3.02. The Labute approximate surface area is 125 Å². The predicted octanol–water partition coefficient (Wildman–Crippen LogP) is 2.31. The minimum Gasteiger partial charge on any atom is -0.342 e. The molecule has 0 aromatic rings. The van der Waals surface area contributed by atoms with Crippen LogP contribution in [0.25, 0.3) is 0 Å². The smallest absolute Gasteiger partial charge is 0.225 e. The van der Waals surface area contributed by atoms with Gasteiger partial charge in [0.15, 0.2) is 5.78 Å². The van der Waals surface area contributed by atoms with Crippen molar-refractivity contribution in [3.05, 3.63) is 11.6 Å². The Hall–Kier alpha value is -1.63. The van der Waals surface area contributed by atoms with E-state index in [1.54, 1.807) is 0 Å². The van der Waals surface area contributed by atoms with Crippen molar-refractivity contribution in [2.24, 2.45) is 22.7 Å². The predicted molar refractivity (Wildman–Crippen MR) is 78.0 cm³/mol. The molecule has 0 radical (unpaired) electrons. The maximum atomic E-state index is 12.4. The van der Waals surface area contributed by atoms with Crippen LogP contribution in [-0.2, 0) is 9.59 Å². The van der Waals surface area contributed by atoms with Crippen molar-refractivity contribution < 1.29 is 9.59 Å². The molecule has 1 heterocycles. The van der Waals surface area contributed by atoms with Crippen LogP contribution in [0.2, 0.25) is 0 Å². The molecule has 1 saturated carbocycles. The van der Waals surface area contributed by atoms with Crippen LogP contribution in [0.1, 0.15) is 40.0 Å². The third-order valence-electron chi connectivity index (χ3n) is 5.55. The number of amides is 1. The van der Waals surface area contributed by atoms with Crippen molar-refractivity contribution in [2.45, 2.75) is 40.0 Å². The molecule has 1 amide bonds. The van der Waals surface area contributed by atoms with E-state index in [1.165, 1.54) is 0 Å². The second-order valence-electron chi connectivity index (χ2n) is 7.60. The van der Waals surface area contributed by atoms with Crippen LogP contribution in [0, 0.1) is 34.0 Å². The molecule has 0 aromatic carbocycles. The third-order valence-corrected chi connectivity index (χ3v) is 5.55. The molecule has 4 nitrogen and oxygen atoms in total. The van der Waals surface area contributed by atoms with Crippen LogP contribution in [0.5, 0.6) is 0 Å². The van der Waals surface area contributed by atoms with Crippen molar-refractivity contribution >= 4 is 11.7 Å². The number of carbonyl (C=O) groups is 2. The number of carbonyl (C=O) groups excluding carboxylic acids is 2. The first-order chi connectivity index (χ1) is 9.79. The fraction of sp³-hybridized carbons (Fsp3) is 0.706. The van der Waals surface area contributed by atoms with Gasteiger partial charge >= 0.3 is 0 Å². The number of hydrogen-bond acceptors (Lipinski definition) is 3.